The van der Waals surface area contributed by atoms with Crippen LogP contribution in [0.2, 0.25) is 0 Å². The number of likely N-dealkylation sites (N-methyl/N-ethyl adjacent to an activating group) is 1. The zero-order valence-corrected chi connectivity index (χ0v) is 14.8. The van der Waals surface area contributed by atoms with Crippen molar-refractivity contribution in [1.82, 2.24) is 24.8 Å². The number of aryl methyl sites for hydroxylation is 1. The first-order chi connectivity index (χ1) is 12.0. The van der Waals surface area contributed by atoms with E-state index in [-0.39, 0.29) is 11.9 Å². The summed E-state index contributed by atoms with van der Waals surface area (Å²) < 4.78 is 5.82. The lowest BCUT2D eigenvalue weighted by molar-refractivity contribution is -0.132. The maximum atomic E-state index is 12.5. The summed E-state index contributed by atoms with van der Waals surface area (Å²) >= 11 is 0. The van der Waals surface area contributed by atoms with Crippen molar-refractivity contribution in [3.63, 3.8) is 0 Å². The fourth-order valence-corrected chi connectivity index (χ4v) is 3.00. The first-order valence-corrected chi connectivity index (χ1v) is 8.40. The minimum absolute atomic E-state index is 0.0431. The summed E-state index contributed by atoms with van der Waals surface area (Å²) in [5, 5.41) is 0. The molecule has 1 aliphatic rings. The number of pyridine rings is 1. The largest absolute Gasteiger partial charge is 0.436 e. The summed E-state index contributed by atoms with van der Waals surface area (Å²) in [4.78, 5) is 29.3. The molecule has 0 aromatic carbocycles. The lowest BCUT2D eigenvalue weighted by atomic mass is 10.1. The molecule has 2 aromatic rings. The fourth-order valence-electron chi connectivity index (χ4n) is 3.00. The maximum absolute atomic E-state index is 12.5. The number of aromatic nitrogens is 3. The third-order valence-electron chi connectivity index (χ3n) is 4.17. The van der Waals surface area contributed by atoms with Crippen LogP contribution in [0.4, 0.5) is 0 Å². The average molecular weight is 341 g/mol. The van der Waals surface area contributed by atoms with E-state index in [0.29, 0.717) is 18.2 Å². The Balaban J connectivity index is 1.78. The number of nitrogens with zero attached hydrogens (tertiary/aromatic N) is 5. The van der Waals surface area contributed by atoms with Gasteiger partial charge in [0.25, 0.3) is 0 Å². The standard InChI is InChI=1S/C18H23N5O2/c1-13-16(7-4-8-20-13)25-17-11-19-10-14(21-17)15-6-5-9-23(15)18(24)12-22(2)3/h4,7-8,10-11,15H,5-6,9,12H2,1-3H3/t15-/m1/s1. The van der Waals surface area contributed by atoms with Gasteiger partial charge in [-0.15, -0.1) is 0 Å². The highest BCUT2D eigenvalue weighted by atomic mass is 16.5. The summed E-state index contributed by atoms with van der Waals surface area (Å²) in [6, 6.07) is 3.62. The number of carbonyl (C=O) groups excluding carboxylic acids is 1. The predicted octanol–water partition coefficient (Wildman–Crippen LogP) is 2.20. The van der Waals surface area contributed by atoms with Gasteiger partial charge >= 0.3 is 0 Å². The van der Waals surface area contributed by atoms with Crippen molar-refractivity contribution in [2.45, 2.75) is 25.8 Å². The third-order valence-corrected chi connectivity index (χ3v) is 4.17. The van der Waals surface area contributed by atoms with E-state index in [9.17, 15) is 4.79 Å². The second-order valence-corrected chi connectivity index (χ2v) is 6.45. The quantitative estimate of drug-likeness (QED) is 0.830. The number of likely N-dealkylation sites (tertiary alicyclic amines) is 1. The predicted molar refractivity (Wildman–Crippen MR) is 93.3 cm³/mol. The van der Waals surface area contributed by atoms with Crippen LogP contribution in [0.1, 0.15) is 30.3 Å². The smallest absolute Gasteiger partial charge is 0.238 e. The number of amides is 1. The van der Waals surface area contributed by atoms with Gasteiger partial charge < -0.3 is 14.5 Å². The molecule has 1 saturated heterocycles. The van der Waals surface area contributed by atoms with Crippen molar-refractivity contribution < 1.29 is 9.53 Å². The van der Waals surface area contributed by atoms with E-state index < -0.39 is 0 Å². The van der Waals surface area contributed by atoms with Gasteiger partial charge in [-0.25, -0.2) is 4.98 Å². The van der Waals surface area contributed by atoms with Gasteiger partial charge in [0.1, 0.15) is 0 Å². The topological polar surface area (TPSA) is 71.5 Å². The van der Waals surface area contributed by atoms with E-state index in [4.69, 9.17) is 4.74 Å². The molecule has 2 aromatic heterocycles. The number of hydrogen-bond acceptors (Lipinski definition) is 6. The first-order valence-electron chi connectivity index (χ1n) is 8.40. The van der Waals surface area contributed by atoms with Crippen molar-refractivity contribution in [1.29, 1.82) is 0 Å². The summed E-state index contributed by atoms with van der Waals surface area (Å²) in [6.45, 7) is 3.03. The highest BCUT2D eigenvalue weighted by Crippen LogP contribution is 2.32. The van der Waals surface area contributed by atoms with Gasteiger partial charge in [-0.1, -0.05) is 0 Å². The lowest BCUT2D eigenvalue weighted by Crippen LogP contribution is -2.37. The molecule has 1 amide bonds. The molecule has 0 saturated carbocycles. The second kappa shape index (κ2) is 7.57. The minimum Gasteiger partial charge on any atom is -0.436 e. The Labute approximate surface area is 147 Å². The van der Waals surface area contributed by atoms with E-state index in [1.165, 1.54) is 0 Å². The highest BCUT2D eigenvalue weighted by molar-refractivity contribution is 5.79. The SMILES string of the molecule is Cc1ncccc1Oc1cncc([C@H]2CCCN2C(=O)CN(C)C)n1. The highest BCUT2D eigenvalue weighted by Gasteiger charge is 2.31. The number of rotatable bonds is 5. The molecule has 0 aliphatic carbocycles. The van der Waals surface area contributed by atoms with Crippen molar-refractivity contribution in [2.24, 2.45) is 0 Å². The molecule has 25 heavy (non-hydrogen) atoms. The molecule has 3 heterocycles. The van der Waals surface area contributed by atoms with Gasteiger partial charge in [0.15, 0.2) is 5.75 Å². The van der Waals surface area contributed by atoms with Crippen molar-refractivity contribution in [2.75, 3.05) is 27.2 Å². The Kier molecular flexibility index (Phi) is 5.23. The van der Waals surface area contributed by atoms with Crippen LogP contribution in [0.15, 0.2) is 30.7 Å². The zero-order chi connectivity index (χ0) is 17.8. The van der Waals surface area contributed by atoms with Gasteiger partial charge in [-0.3, -0.25) is 14.8 Å². The molecule has 1 fully saturated rings. The average Bonchev–Trinajstić information content (AvgIpc) is 3.06. The van der Waals surface area contributed by atoms with Crippen molar-refractivity contribution >= 4 is 5.91 Å². The van der Waals surface area contributed by atoms with Crippen molar-refractivity contribution in [3.8, 4) is 11.6 Å². The van der Waals surface area contributed by atoms with Gasteiger partial charge in [-0.05, 0) is 46.0 Å². The molecule has 7 heteroatoms. The molecule has 0 spiro atoms. The Morgan fingerprint density at radius 1 is 1.40 bits per heavy atom. The van der Waals surface area contributed by atoms with Gasteiger partial charge in [-0.2, -0.15) is 0 Å². The van der Waals surface area contributed by atoms with E-state index in [2.05, 4.69) is 15.0 Å². The lowest BCUT2D eigenvalue weighted by Gasteiger charge is -2.25. The van der Waals surface area contributed by atoms with Crippen LogP contribution in [0.25, 0.3) is 0 Å². The molecule has 0 bridgehead atoms. The van der Waals surface area contributed by atoms with Crippen LogP contribution in [-0.4, -0.2) is 57.8 Å². The number of hydrogen-bond donors (Lipinski definition) is 0. The van der Waals surface area contributed by atoms with Gasteiger partial charge in [0.2, 0.25) is 11.8 Å². The monoisotopic (exact) mass is 341 g/mol. The van der Waals surface area contributed by atoms with Crippen LogP contribution in [-0.2, 0) is 4.79 Å². The molecule has 0 N–H and O–H groups in total. The zero-order valence-electron chi connectivity index (χ0n) is 14.8. The second-order valence-electron chi connectivity index (χ2n) is 6.45. The fraction of sp³-hybridized carbons (Fsp3) is 0.444. The molecule has 7 nitrogen and oxygen atoms in total. The maximum Gasteiger partial charge on any atom is 0.238 e. The molecule has 0 radical (unpaired) electrons. The van der Waals surface area contributed by atoms with Crippen LogP contribution in [0.5, 0.6) is 11.6 Å². The first kappa shape index (κ1) is 17.3. The van der Waals surface area contributed by atoms with E-state index in [1.807, 2.05) is 43.0 Å². The molecular weight excluding hydrogens is 318 g/mol. The molecule has 1 aliphatic heterocycles. The van der Waals surface area contributed by atoms with Crippen LogP contribution in [0.3, 0.4) is 0 Å². The molecule has 132 valence electrons. The van der Waals surface area contributed by atoms with Gasteiger partial charge in [0, 0.05) is 12.7 Å². The van der Waals surface area contributed by atoms with E-state index >= 15 is 0 Å². The van der Waals surface area contributed by atoms with Crippen LogP contribution in [0, 0.1) is 6.92 Å². The van der Waals surface area contributed by atoms with Crippen LogP contribution < -0.4 is 4.74 Å². The summed E-state index contributed by atoms with van der Waals surface area (Å²) in [5.74, 6) is 1.19. The third kappa shape index (κ3) is 4.11. The Morgan fingerprint density at radius 2 is 2.24 bits per heavy atom. The van der Waals surface area contributed by atoms with E-state index in [0.717, 1.165) is 30.8 Å². The van der Waals surface area contributed by atoms with Crippen molar-refractivity contribution in [3.05, 3.63) is 42.1 Å². The Bertz CT molecular complexity index is 750. The van der Waals surface area contributed by atoms with Crippen LogP contribution >= 0.6 is 0 Å². The number of carbonyl (C=O) groups is 1. The summed E-state index contributed by atoms with van der Waals surface area (Å²) in [6.07, 6.45) is 6.88. The number of ether oxygens (including phenoxy) is 1. The molecule has 1 atom stereocenters. The minimum atomic E-state index is -0.0431. The Hall–Kier alpha value is -2.54. The summed E-state index contributed by atoms with van der Waals surface area (Å²) in [7, 11) is 3.79. The molecular formula is C18H23N5O2. The van der Waals surface area contributed by atoms with Gasteiger partial charge in [0.05, 0.1) is 36.4 Å². The summed E-state index contributed by atoms with van der Waals surface area (Å²) in [5.41, 5.74) is 1.56. The molecule has 0 unspecified atom stereocenters. The normalized spacial score (nSPS) is 17.1. The molecule has 3 rings (SSSR count). The van der Waals surface area contributed by atoms with E-state index in [1.54, 1.807) is 18.6 Å². The Morgan fingerprint density at radius 3 is 3.00 bits per heavy atom.